The van der Waals surface area contributed by atoms with Crippen LogP contribution in [0.5, 0.6) is 0 Å². The molecule has 0 radical (unpaired) electrons. The normalized spacial score (nSPS) is 27.6. The maximum Gasteiger partial charge on any atom is 0.408 e. The highest BCUT2D eigenvalue weighted by Gasteiger charge is 2.52. The van der Waals surface area contributed by atoms with Crippen molar-refractivity contribution in [2.24, 2.45) is 11.3 Å². The zero-order valence-corrected chi connectivity index (χ0v) is 14.5. The summed E-state index contributed by atoms with van der Waals surface area (Å²) in [4.78, 5) is 13.9. The number of carbonyl (C=O) groups is 1. The number of nitrogens with zero attached hydrogens (tertiary/aromatic N) is 3. The molecule has 0 aromatic carbocycles. The van der Waals surface area contributed by atoms with Crippen molar-refractivity contribution < 1.29 is 9.53 Å². The molecule has 1 aliphatic carbocycles. The Balaban J connectivity index is 2.06. The zero-order valence-electron chi connectivity index (χ0n) is 14.5. The Bertz CT molecular complexity index is 519. The fraction of sp³-hybridized carbons (Fsp3) is 0.812. The molecule has 1 aromatic heterocycles. The van der Waals surface area contributed by atoms with E-state index in [4.69, 9.17) is 4.74 Å². The van der Waals surface area contributed by atoms with E-state index in [9.17, 15) is 4.79 Å². The average molecular weight is 308 g/mol. The van der Waals surface area contributed by atoms with Gasteiger partial charge in [0.2, 0.25) is 0 Å². The van der Waals surface area contributed by atoms with Crippen LogP contribution in [0.1, 0.15) is 54.4 Å². The van der Waals surface area contributed by atoms with E-state index in [-0.39, 0.29) is 17.0 Å². The number of rotatable bonds is 3. The molecule has 1 N–H and O–H groups in total. The Labute approximate surface area is 132 Å². The first-order valence-corrected chi connectivity index (χ1v) is 7.89. The molecule has 2 rings (SSSR count). The summed E-state index contributed by atoms with van der Waals surface area (Å²) in [7, 11) is 0. The van der Waals surface area contributed by atoms with Gasteiger partial charge in [-0.15, -0.1) is 0 Å². The number of nitrogens with one attached hydrogen (secondary N) is 1. The second kappa shape index (κ2) is 5.56. The molecule has 22 heavy (non-hydrogen) atoms. The third-order valence-electron chi connectivity index (χ3n) is 5.06. The molecule has 1 aliphatic rings. The van der Waals surface area contributed by atoms with Crippen molar-refractivity contribution in [2.75, 3.05) is 0 Å². The molecule has 0 unspecified atom stereocenters. The monoisotopic (exact) mass is 308 g/mol. The Morgan fingerprint density at radius 1 is 1.32 bits per heavy atom. The van der Waals surface area contributed by atoms with E-state index < -0.39 is 5.60 Å². The summed E-state index contributed by atoms with van der Waals surface area (Å²) in [6.45, 7) is 12.9. The molecule has 0 bridgehead atoms. The molecular formula is C16H28N4O2. The van der Waals surface area contributed by atoms with Crippen LogP contribution in [0.3, 0.4) is 0 Å². The number of aromatic nitrogens is 3. The molecule has 2 atom stereocenters. The van der Waals surface area contributed by atoms with Crippen LogP contribution >= 0.6 is 0 Å². The zero-order chi connectivity index (χ0) is 16.6. The van der Waals surface area contributed by atoms with Gasteiger partial charge < -0.3 is 10.1 Å². The lowest BCUT2D eigenvalue weighted by Gasteiger charge is -2.42. The van der Waals surface area contributed by atoms with Gasteiger partial charge in [0.25, 0.3) is 0 Å². The molecule has 6 nitrogen and oxygen atoms in total. The van der Waals surface area contributed by atoms with Crippen LogP contribution < -0.4 is 5.32 Å². The third kappa shape index (κ3) is 3.42. The lowest BCUT2D eigenvalue weighted by molar-refractivity contribution is 0.0337. The van der Waals surface area contributed by atoms with Crippen molar-refractivity contribution in [1.82, 2.24) is 20.3 Å². The van der Waals surface area contributed by atoms with Crippen molar-refractivity contribution in [2.45, 2.75) is 72.1 Å². The Kier molecular flexibility index (Phi) is 4.24. The molecule has 6 heteroatoms. The molecule has 1 saturated carbocycles. The van der Waals surface area contributed by atoms with Gasteiger partial charge in [-0.05, 0) is 51.9 Å². The molecule has 1 heterocycles. The van der Waals surface area contributed by atoms with E-state index >= 15 is 0 Å². The van der Waals surface area contributed by atoms with Gasteiger partial charge in [-0.2, -0.15) is 15.0 Å². The number of alkyl carbamates (subject to hydrolysis) is 1. The molecule has 124 valence electrons. The van der Waals surface area contributed by atoms with Crippen molar-refractivity contribution in [3.8, 4) is 0 Å². The quantitative estimate of drug-likeness (QED) is 0.932. The van der Waals surface area contributed by atoms with Crippen LogP contribution in [0.25, 0.3) is 0 Å². The van der Waals surface area contributed by atoms with Crippen molar-refractivity contribution in [1.29, 1.82) is 0 Å². The highest BCUT2D eigenvalue weighted by Crippen LogP contribution is 2.50. The smallest absolute Gasteiger partial charge is 0.408 e. The average Bonchev–Trinajstić information content (AvgIpc) is 2.90. The maximum atomic E-state index is 12.2. The number of amides is 1. The minimum atomic E-state index is -0.485. The van der Waals surface area contributed by atoms with Gasteiger partial charge in [0.05, 0.1) is 18.9 Å². The summed E-state index contributed by atoms with van der Waals surface area (Å²) in [5.74, 6) is 0.403. The van der Waals surface area contributed by atoms with E-state index in [1.807, 2.05) is 20.8 Å². The van der Waals surface area contributed by atoms with E-state index in [0.717, 1.165) is 19.4 Å². The minimum Gasteiger partial charge on any atom is -0.444 e. The van der Waals surface area contributed by atoms with E-state index in [1.165, 1.54) is 0 Å². The fourth-order valence-corrected chi connectivity index (χ4v) is 3.20. The first-order chi connectivity index (χ1) is 10.0. The predicted octanol–water partition coefficient (Wildman–Crippen LogP) is 3.00. The molecule has 0 aliphatic heterocycles. The fourth-order valence-electron chi connectivity index (χ4n) is 3.20. The molecule has 0 saturated heterocycles. The number of carbonyl (C=O) groups excluding carboxylic acids is 1. The third-order valence-corrected chi connectivity index (χ3v) is 5.06. The van der Waals surface area contributed by atoms with Crippen LogP contribution in [0, 0.1) is 11.3 Å². The largest absolute Gasteiger partial charge is 0.444 e. The van der Waals surface area contributed by atoms with Gasteiger partial charge >= 0.3 is 6.09 Å². The summed E-state index contributed by atoms with van der Waals surface area (Å²) in [6.07, 6.45) is 4.99. The molecule has 1 fully saturated rings. The van der Waals surface area contributed by atoms with E-state index in [2.05, 4.69) is 36.3 Å². The Morgan fingerprint density at radius 2 is 1.91 bits per heavy atom. The Morgan fingerprint density at radius 3 is 2.45 bits per heavy atom. The van der Waals surface area contributed by atoms with E-state index in [0.29, 0.717) is 5.92 Å². The predicted molar refractivity (Wildman–Crippen MR) is 84.3 cm³/mol. The van der Waals surface area contributed by atoms with Crippen LogP contribution in [0.2, 0.25) is 0 Å². The van der Waals surface area contributed by atoms with Crippen LogP contribution in [-0.4, -0.2) is 32.2 Å². The second-order valence-corrected chi connectivity index (χ2v) is 8.00. The molecule has 0 spiro atoms. The van der Waals surface area contributed by atoms with Crippen LogP contribution in [0.4, 0.5) is 4.79 Å². The van der Waals surface area contributed by atoms with Gasteiger partial charge in [-0.3, -0.25) is 0 Å². The summed E-state index contributed by atoms with van der Waals surface area (Å²) < 4.78 is 5.42. The van der Waals surface area contributed by atoms with Crippen LogP contribution in [-0.2, 0) is 11.3 Å². The van der Waals surface area contributed by atoms with E-state index in [1.54, 1.807) is 17.2 Å². The molecule has 1 amide bonds. The van der Waals surface area contributed by atoms with Crippen LogP contribution in [0.15, 0.2) is 12.4 Å². The van der Waals surface area contributed by atoms with Gasteiger partial charge in [-0.1, -0.05) is 13.8 Å². The summed E-state index contributed by atoms with van der Waals surface area (Å²) in [5, 5.41) is 11.5. The highest BCUT2D eigenvalue weighted by atomic mass is 16.6. The number of ether oxygens (including phenoxy) is 1. The summed E-state index contributed by atoms with van der Waals surface area (Å²) in [5.41, 5.74) is -0.855. The SMILES string of the molecule is CC(C)(C)OC(=O)N[C@]1(C)CC[C@H](Cn2nccn2)C1(C)C. The standard InChI is InChI=1S/C16H28N4O2/c1-14(2,3)22-13(21)19-16(6)8-7-12(15(16,4)5)11-20-17-9-10-18-20/h9-10,12H,7-8,11H2,1-6H3,(H,19,21)/t12-,16-/m1/s1. The first kappa shape index (κ1) is 16.8. The van der Waals surface area contributed by atoms with Crippen molar-refractivity contribution >= 4 is 6.09 Å². The van der Waals surface area contributed by atoms with Gasteiger partial charge in [0.15, 0.2) is 0 Å². The van der Waals surface area contributed by atoms with Gasteiger partial charge in [0, 0.05) is 5.54 Å². The molecular weight excluding hydrogens is 280 g/mol. The summed E-state index contributed by atoms with van der Waals surface area (Å²) in [6, 6.07) is 0. The number of hydrogen-bond donors (Lipinski definition) is 1. The Hall–Kier alpha value is -1.59. The lowest BCUT2D eigenvalue weighted by Crippen LogP contribution is -2.55. The maximum absolute atomic E-state index is 12.2. The summed E-state index contributed by atoms with van der Waals surface area (Å²) >= 11 is 0. The molecule has 1 aromatic rings. The minimum absolute atomic E-state index is 0.0719. The highest BCUT2D eigenvalue weighted by molar-refractivity contribution is 5.69. The topological polar surface area (TPSA) is 69.0 Å². The number of hydrogen-bond acceptors (Lipinski definition) is 4. The van der Waals surface area contributed by atoms with Crippen molar-refractivity contribution in [3.63, 3.8) is 0 Å². The van der Waals surface area contributed by atoms with Gasteiger partial charge in [-0.25, -0.2) is 4.79 Å². The van der Waals surface area contributed by atoms with Crippen molar-refractivity contribution in [3.05, 3.63) is 12.4 Å². The second-order valence-electron chi connectivity index (χ2n) is 8.00. The van der Waals surface area contributed by atoms with Gasteiger partial charge in [0.1, 0.15) is 5.60 Å². The first-order valence-electron chi connectivity index (χ1n) is 7.89. The lowest BCUT2D eigenvalue weighted by atomic mass is 9.71.